The number of carbonyl (C=O) groups is 1. The summed E-state index contributed by atoms with van der Waals surface area (Å²) in [5.41, 5.74) is 8.03. The van der Waals surface area contributed by atoms with E-state index in [-0.39, 0.29) is 5.91 Å². The fourth-order valence-corrected chi connectivity index (χ4v) is 1.81. The van der Waals surface area contributed by atoms with Gasteiger partial charge in [-0.3, -0.25) is 4.79 Å². The highest BCUT2D eigenvalue weighted by Gasteiger charge is 2.05. The van der Waals surface area contributed by atoms with Gasteiger partial charge in [-0.25, -0.2) is 0 Å². The molecule has 1 aromatic rings. The number of aryl methyl sites for hydroxylation is 1. The summed E-state index contributed by atoms with van der Waals surface area (Å²) in [5.74, 6) is 6.61. The zero-order valence-corrected chi connectivity index (χ0v) is 11.6. The van der Waals surface area contributed by atoms with Crippen molar-refractivity contribution in [2.75, 3.05) is 23.9 Å². The van der Waals surface area contributed by atoms with Crippen molar-refractivity contribution in [3.63, 3.8) is 0 Å². The highest BCUT2D eigenvalue weighted by Crippen LogP contribution is 2.17. The van der Waals surface area contributed by atoms with Gasteiger partial charge in [-0.1, -0.05) is 17.9 Å². The Balaban J connectivity index is 2.85. The van der Waals surface area contributed by atoms with Crippen molar-refractivity contribution in [2.45, 2.75) is 13.3 Å². The number of rotatable bonds is 4. The Morgan fingerprint density at radius 3 is 2.94 bits per heavy atom. The monoisotopic (exact) mass is 262 g/mol. The first-order chi connectivity index (χ1) is 8.67. The van der Waals surface area contributed by atoms with E-state index in [1.165, 1.54) is 0 Å². The van der Waals surface area contributed by atoms with Gasteiger partial charge in [0.25, 0.3) is 0 Å². The molecule has 0 aliphatic heterocycles. The van der Waals surface area contributed by atoms with Crippen molar-refractivity contribution in [1.29, 1.82) is 0 Å². The minimum absolute atomic E-state index is 0.0192. The van der Waals surface area contributed by atoms with E-state index in [1.54, 1.807) is 11.8 Å². The summed E-state index contributed by atoms with van der Waals surface area (Å²) in [4.78, 5) is 11.7. The lowest BCUT2D eigenvalue weighted by Crippen LogP contribution is -2.13. The van der Waals surface area contributed by atoms with Crippen molar-refractivity contribution in [2.24, 2.45) is 5.73 Å². The molecular weight excluding hydrogens is 244 g/mol. The van der Waals surface area contributed by atoms with Crippen LogP contribution < -0.4 is 11.1 Å². The summed E-state index contributed by atoms with van der Waals surface area (Å²) < 4.78 is 0. The number of anilines is 1. The van der Waals surface area contributed by atoms with E-state index in [1.807, 2.05) is 31.4 Å². The zero-order valence-electron chi connectivity index (χ0n) is 10.7. The molecule has 0 spiro atoms. The Kier molecular flexibility index (Phi) is 6.34. The van der Waals surface area contributed by atoms with Crippen LogP contribution in [0.15, 0.2) is 18.2 Å². The Labute approximate surface area is 113 Å². The molecule has 0 atom stereocenters. The lowest BCUT2D eigenvalue weighted by atomic mass is 10.1. The van der Waals surface area contributed by atoms with Crippen LogP contribution in [0.3, 0.4) is 0 Å². The Bertz CT molecular complexity index is 474. The van der Waals surface area contributed by atoms with Gasteiger partial charge in [-0.2, -0.15) is 11.8 Å². The van der Waals surface area contributed by atoms with Crippen LogP contribution in [-0.4, -0.2) is 24.5 Å². The molecule has 0 aliphatic carbocycles. The van der Waals surface area contributed by atoms with Gasteiger partial charge in [0, 0.05) is 17.7 Å². The second-order valence-corrected chi connectivity index (χ2v) is 4.83. The summed E-state index contributed by atoms with van der Waals surface area (Å²) >= 11 is 1.66. The number of thioether (sulfide) groups is 1. The molecule has 0 saturated heterocycles. The largest absolute Gasteiger partial charge is 0.325 e. The van der Waals surface area contributed by atoms with Gasteiger partial charge in [0.15, 0.2) is 0 Å². The molecule has 0 radical (unpaired) electrons. The van der Waals surface area contributed by atoms with Gasteiger partial charge in [-0.05, 0) is 30.9 Å². The maximum absolute atomic E-state index is 11.7. The van der Waals surface area contributed by atoms with Crippen LogP contribution >= 0.6 is 11.8 Å². The molecule has 1 aromatic carbocycles. The van der Waals surface area contributed by atoms with Gasteiger partial charge < -0.3 is 11.1 Å². The number of hydrogen-bond acceptors (Lipinski definition) is 3. The molecular formula is C14H18N2OS. The van der Waals surface area contributed by atoms with Crippen LogP contribution in [0, 0.1) is 18.8 Å². The minimum atomic E-state index is 0.0192. The molecule has 0 heterocycles. The molecule has 0 aromatic heterocycles. The number of carbonyl (C=O) groups excluding carboxylic acids is 1. The SMILES string of the molecule is CSCCC(=O)Nc1cc(C)ccc1C#CCN. The molecule has 0 unspecified atom stereocenters. The highest BCUT2D eigenvalue weighted by molar-refractivity contribution is 7.98. The maximum atomic E-state index is 11.7. The van der Waals surface area contributed by atoms with Crippen LogP contribution in [0.25, 0.3) is 0 Å². The zero-order chi connectivity index (χ0) is 13.4. The molecule has 0 bridgehead atoms. The average molecular weight is 262 g/mol. The van der Waals surface area contributed by atoms with Gasteiger partial charge >= 0.3 is 0 Å². The summed E-state index contributed by atoms with van der Waals surface area (Å²) in [6.07, 6.45) is 2.50. The first-order valence-electron chi connectivity index (χ1n) is 5.75. The molecule has 3 N–H and O–H groups in total. The van der Waals surface area contributed by atoms with Crippen LogP contribution in [-0.2, 0) is 4.79 Å². The third-order valence-electron chi connectivity index (χ3n) is 2.31. The molecule has 1 amide bonds. The molecule has 4 heteroatoms. The summed E-state index contributed by atoms with van der Waals surface area (Å²) in [6, 6.07) is 5.80. The Morgan fingerprint density at radius 2 is 2.28 bits per heavy atom. The van der Waals surface area contributed by atoms with Gasteiger partial charge in [-0.15, -0.1) is 0 Å². The van der Waals surface area contributed by atoms with E-state index in [0.717, 1.165) is 22.6 Å². The number of nitrogens with two attached hydrogens (primary N) is 1. The summed E-state index contributed by atoms with van der Waals surface area (Å²) in [6.45, 7) is 2.30. The van der Waals surface area contributed by atoms with Crippen LogP contribution in [0.4, 0.5) is 5.69 Å². The van der Waals surface area contributed by atoms with Gasteiger partial charge in [0.05, 0.1) is 12.2 Å². The third kappa shape index (κ3) is 4.82. The van der Waals surface area contributed by atoms with E-state index in [4.69, 9.17) is 5.73 Å². The second-order valence-electron chi connectivity index (χ2n) is 3.85. The lowest BCUT2D eigenvalue weighted by Gasteiger charge is -2.08. The van der Waals surface area contributed by atoms with Crippen LogP contribution in [0.2, 0.25) is 0 Å². The van der Waals surface area contributed by atoms with Crippen molar-refractivity contribution in [3.8, 4) is 11.8 Å². The first kappa shape index (κ1) is 14.6. The standard InChI is InChI=1S/C14H18N2OS/c1-11-5-6-12(4-3-8-15)13(10-11)16-14(17)7-9-18-2/h5-6,10H,7-9,15H2,1-2H3,(H,16,17). The van der Waals surface area contributed by atoms with Crippen molar-refractivity contribution >= 4 is 23.4 Å². The fourth-order valence-electron chi connectivity index (χ4n) is 1.42. The molecule has 1 rings (SSSR count). The Morgan fingerprint density at radius 1 is 1.50 bits per heavy atom. The van der Waals surface area contributed by atoms with Crippen molar-refractivity contribution < 1.29 is 4.79 Å². The van der Waals surface area contributed by atoms with Gasteiger partial charge in [0.1, 0.15) is 0 Å². The molecule has 96 valence electrons. The fraction of sp³-hybridized carbons (Fsp3) is 0.357. The third-order valence-corrected chi connectivity index (χ3v) is 2.92. The quantitative estimate of drug-likeness (QED) is 0.816. The first-order valence-corrected chi connectivity index (χ1v) is 7.15. The molecule has 18 heavy (non-hydrogen) atoms. The van der Waals surface area contributed by atoms with Crippen molar-refractivity contribution in [3.05, 3.63) is 29.3 Å². The summed E-state index contributed by atoms with van der Waals surface area (Å²) in [5, 5.41) is 2.90. The average Bonchev–Trinajstić information content (AvgIpc) is 2.35. The van der Waals surface area contributed by atoms with Crippen LogP contribution in [0.1, 0.15) is 17.5 Å². The maximum Gasteiger partial charge on any atom is 0.225 e. The number of benzene rings is 1. The number of nitrogens with one attached hydrogen (secondary N) is 1. The van der Waals surface area contributed by atoms with Crippen LogP contribution in [0.5, 0.6) is 0 Å². The van der Waals surface area contributed by atoms with E-state index >= 15 is 0 Å². The molecule has 0 aliphatic rings. The van der Waals surface area contributed by atoms with Gasteiger partial charge in [0.2, 0.25) is 5.91 Å². The van der Waals surface area contributed by atoms with Crippen molar-refractivity contribution in [1.82, 2.24) is 0 Å². The predicted molar refractivity (Wildman–Crippen MR) is 78.7 cm³/mol. The molecule has 3 nitrogen and oxygen atoms in total. The van der Waals surface area contributed by atoms with E-state index in [0.29, 0.717) is 13.0 Å². The smallest absolute Gasteiger partial charge is 0.225 e. The predicted octanol–water partition coefficient (Wildman–Crippen LogP) is 2.00. The number of amides is 1. The highest BCUT2D eigenvalue weighted by atomic mass is 32.2. The lowest BCUT2D eigenvalue weighted by molar-refractivity contribution is -0.115. The second kappa shape index (κ2) is 7.80. The van der Waals surface area contributed by atoms with E-state index in [9.17, 15) is 4.79 Å². The van der Waals surface area contributed by atoms with E-state index < -0.39 is 0 Å². The summed E-state index contributed by atoms with van der Waals surface area (Å²) in [7, 11) is 0. The molecule has 0 saturated carbocycles. The number of hydrogen-bond donors (Lipinski definition) is 2. The van der Waals surface area contributed by atoms with E-state index in [2.05, 4.69) is 17.2 Å². The topological polar surface area (TPSA) is 55.1 Å². The molecule has 0 fully saturated rings. The normalized spacial score (nSPS) is 9.50. The minimum Gasteiger partial charge on any atom is -0.325 e. The Hall–Kier alpha value is -1.44.